The molecule has 0 radical (unpaired) electrons. The second-order valence-electron chi connectivity index (χ2n) is 9.88. The maximum Gasteiger partial charge on any atom is 0.408 e. The number of carbonyl (C=O) groups excluding carboxylic acids is 2. The van der Waals surface area contributed by atoms with Gasteiger partial charge in [0.2, 0.25) is 5.91 Å². The zero-order valence-corrected chi connectivity index (χ0v) is 24.9. The molecular weight excluding hydrogens is 590 g/mol. The minimum Gasteiger partial charge on any atom is -0.444 e. The van der Waals surface area contributed by atoms with Crippen molar-refractivity contribution < 1.29 is 22.7 Å². The molecule has 4 aromatic rings. The number of nitrogens with zero attached hydrogens (tertiary/aromatic N) is 3. The van der Waals surface area contributed by atoms with Gasteiger partial charge in [0, 0.05) is 30.1 Å². The quantitative estimate of drug-likeness (QED) is 0.195. The van der Waals surface area contributed by atoms with Crippen molar-refractivity contribution in [1.29, 1.82) is 0 Å². The topological polar surface area (TPSA) is 168 Å². The third-order valence-electron chi connectivity index (χ3n) is 5.41. The van der Waals surface area contributed by atoms with E-state index in [1.807, 2.05) is 0 Å². The summed E-state index contributed by atoms with van der Waals surface area (Å²) in [6, 6.07) is 8.43. The number of amides is 2. The van der Waals surface area contributed by atoms with Crippen LogP contribution in [-0.2, 0) is 26.0 Å². The van der Waals surface area contributed by atoms with Gasteiger partial charge in [0.05, 0.1) is 27.5 Å². The molecule has 216 valence electrons. The van der Waals surface area contributed by atoms with E-state index in [1.165, 1.54) is 24.7 Å². The van der Waals surface area contributed by atoms with Gasteiger partial charge in [-0.25, -0.2) is 28.2 Å². The second kappa shape index (κ2) is 12.2. The summed E-state index contributed by atoms with van der Waals surface area (Å²) in [7, 11) is -3.90. The number of rotatable bonds is 9. The Hall–Kier alpha value is -4.01. The number of carbonyl (C=O) groups is 2. The molecule has 0 saturated heterocycles. The smallest absolute Gasteiger partial charge is 0.408 e. The number of aryl methyl sites for hydroxylation is 1. The lowest BCUT2D eigenvalue weighted by atomic mass is 10.1. The highest BCUT2D eigenvalue weighted by Gasteiger charge is 2.26. The number of imidazole rings is 1. The van der Waals surface area contributed by atoms with Crippen molar-refractivity contribution in [3.8, 4) is 10.4 Å². The van der Waals surface area contributed by atoms with Crippen molar-refractivity contribution in [2.45, 2.75) is 50.7 Å². The summed E-state index contributed by atoms with van der Waals surface area (Å²) < 4.78 is 33.4. The van der Waals surface area contributed by atoms with E-state index in [4.69, 9.17) is 16.3 Å². The second-order valence-corrected chi connectivity index (χ2v) is 12.9. The fraction of sp³-hybridized carbons (Fsp3) is 0.269. The number of aromatic nitrogens is 4. The van der Waals surface area contributed by atoms with Crippen molar-refractivity contribution in [2.24, 2.45) is 0 Å². The van der Waals surface area contributed by atoms with Crippen LogP contribution >= 0.6 is 22.9 Å². The Morgan fingerprint density at radius 2 is 1.90 bits per heavy atom. The van der Waals surface area contributed by atoms with E-state index in [0.717, 1.165) is 11.3 Å². The predicted molar refractivity (Wildman–Crippen MR) is 156 cm³/mol. The van der Waals surface area contributed by atoms with Gasteiger partial charge in [0.15, 0.2) is 10.3 Å². The van der Waals surface area contributed by atoms with E-state index in [0.29, 0.717) is 21.8 Å². The van der Waals surface area contributed by atoms with Crippen LogP contribution in [0.5, 0.6) is 0 Å². The highest BCUT2D eigenvalue weighted by atomic mass is 35.5. The molecular formula is C26H28ClN7O5S2. The Bertz CT molecular complexity index is 1640. The summed E-state index contributed by atoms with van der Waals surface area (Å²) in [5.41, 5.74) is 1.08. The number of halogens is 1. The summed E-state index contributed by atoms with van der Waals surface area (Å²) in [4.78, 5) is 41.8. The molecule has 0 unspecified atom stereocenters. The first-order valence-corrected chi connectivity index (χ1v) is 15.0. The molecule has 41 heavy (non-hydrogen) atoms. The molecule has 0 aliphatic carbocycles. The molecule has 15 heteroatoms. The Morgan fingerprint density at radius 1 is 1.17 bits per heavy atom. The van der Waals surface area contributed by atoms with Crippen molar-refractivity contribution in [2.75, 3.05) is 10.0 Å². The number of hydrogen-bond donors (Lipinski definition) is 4. The van der Waals surface area contributed by atoms with Crippen molar-refractivity contribution in [1.82, 2.24) is 25.3 Å². The number of ether oxygens (including phenoxy) is 1. The molecule has 4 N–H and O–H groups in total. The fourth-order valence-electron chi connectivity index (χ4n) is 3.63. The number of pyridine rings is 1. The number of sulfonamides is 1. The van der Waals surface area contributed by atoms with Gasteiger partial charge in [-0.2, -0.15) is 0 Å². The molecule has 4 rings (SSSR count). The van der Waals surface area contributed by atoms with Gasteiger partial charge in [-0.1, -0.05) is 41.1 Å². The number of hydrogen-bond acceptors (Lipinski definition) is 9. The minimum atomic E-state index is -3.90. The number of benzene rings is 1. The van der Waals surface area contributed by atoms with Crippen LogP contribution < -0.4 is 15.4 Å². The van der Waals surface area contributed by atoms with Crippen LogP contribution in [0.4, 0.5) is 15.6 Å². The van der Waals surface area contributed by atoms with Crippen LogP contribution in [0.2, 0.25) is 5.15 Å². The van der Waals surface area contributed by atoms with Crippen LogP contribution in [0.25, 0.3) is 10.4 Å². The van der Waals surface area contributed by atoms with Crippen LogP contribution in [0.1, 0.15) is 32.2 Å². The van der Waals surface area contributed by atoms with Gasteiger partial charge in [0.1, 0.15) is 11.6 Å². The average Bonchev–Trinajstić information content (AvgIpc) is 3.53. The van der Waals surface area contributed by atoms with Crippen molar-refractivity contribution >= 4 is 55.8 Å². The number of alkyl carbamates (subject to hydrolysis) is 1. The zero-order chi connectivity index (χ0) is 29.8. The number of aromatic amines is 1. The zero-order valence-electron chi connectivity index (χ0n) is 22.6. The van der Waals surface area contributed by atoms with E-state index >= 15 is 0 Å². The van der Waals surface area contributed by atoms with Gasteiger partial charge in [0.25, 0.3) is 10.0 Å². The molecule has 2 amide bonds. The van der Waals surface area contributed by atoms with E-state index in [2.05, 4.69) is 35.3 Å². The Kier molecular flexibility index (Phi) is 8.95. The summed E-state index contributed by atoms with van der Waals surface area (Å²) in [5, 5.41) is 5.58. The summed E-state index contributed by atoms with van der Waals surface area (Å²) >= 11 is 7.36. The molecule has 0 aliphatic heterocycles. The monoisotopic (exact) mass is 617 g/mol. The molecule has 0 bridgehead atoms. The molecule has 3 aromatic heterocycles. The molecule has 12 nitrogen and oxygen atoms in total. The number of nitrogens with one attached hydrogen (secondary N) is 4. The number of thiazole rings is 1. The van der Waals surface area contributed by atoms with Crippen LogP contribution in [0, 0.1) is 6.92 Å². The maximum absolute atomic E-state index is 13.2. The van der Waals surface area contributed by atoms with E-state index < -0.39 is 33.7 Å². The first kappa shape index (κ1) is 30.0. The summed E-state index contributed by atoms with van der Waals surface area (Å²) in [5.74, 6) is -0.517. The maximum atomic E-state index is 13.2. The molecule has 3 heterocycles. The summed E-state index contributed by atoms with van der Waals surface area (Å²) in [6.07, 6.45) is 3.90. The number of anilines is 2. The molecule has 1 atom stereocenters. The number of H-pyrrole nitrogens is 1. The lowest BCUT2D eigenvalue weighted by Gasteiger charge is -2.22. The van der Waals surface area contributed by atoms with Crippen LogP contribution in [0.15, 0.2) is 60.0 Å². The SMILES string of the molecule is Cc1nc(NC(=O)[C@H](Cc2cnc[nH]2)NC(=O)OC(C)(C)C)sc1-c1cnc(Cl)c(NS(=O)(=O)c2ccccc2)c1. The molecule has 0 saturated carbocycles. The predicted octanol–water partition coefficient (Wildman–Crippen LogP) is 4.77. The molecule has 0 aliphatic rings. The summed E-state index contributed by atoms with van der Waals surface area (Å²) in [6.45, 7) is 6.91. The first-order chi connectivity index (χ1) is 19.3. The minimum absolute atomic E-state index is 0.0289. The standard InChI is InChI=1S/C26H28ClN7O5S2/c1-15-21(16-10-19(22(27)29-12-16)34-41(37,38)18-8-6-5-7-9-18)40-24(31-15)33-23(35)20(11-17-13-28-14-30-17)32-25(36)39-26(2,3)4/h5-10,12-14,20,34H,11H2,1-4H3,(H,28,30)(H,32,36)(H,31,33,35)/t20-/m0/s1. The van der Waals surface area contributed by atoms with Gasteiger partial charge in [-0.3, -0.25) is 9.52 Å². The lowest BCUT2D eigenvalue weighted by molar-refractivity contribution is -0.118. The van der Waals surface area contributed by atoms with E-state index in [1.54, 1.807) is 58.2 Å². The van der Waals surface area contributed by atoms with Crippen molar-refractivity contribution in [3.05, 3.63) is 71.7 Å². The molecule has 0 spiro atoms. The van der Waals surface area contributed by atoms with Gasteiger partial charge in [-0.05, 0) is 45.9 Å². The van der Waals surface area contributed by atoms with Crippen LogP contribution in [-0.4, -0.2) is 52.0 Å². The molecule has 1 aromatic carbocycles. The highest BCUT2D eigenvalue weighted by molar-refractivity contribution is 7.92. The lowest BCUT2D eigenvalue weighted by Crippen LogP contribution is -2.47. The normalized spacial score (nSPS) is 12.4. The Morgan fingerprint density at radius 3 is 2.56 bits per heavy atom. The largest absolute Gasteiger partial charge is 0.444 e. The third-order valence-corrected chi connectivity index (χ3v) is 8.22. The van der Waals surface area contributed by atoms with Gasteiger partial charge >= 0.3 is 6.09 Å². The fourth-order valence-corrected chi connectivity index (χ4v) is 5.87. The Labute approximate surface area is 246 Å². The third kappa shape index (κ3) is 8.02. The van der Waals surface area contributed by atoms with Crippen LogP contribution in [0.3, 0.4) is 0 Å². The average molecular weight is 618 g/mol. The van der Waals surface area contributed by atoms with E-state index in [-0.39, 0.29) is 27.3 Å². The Balaban J connectivity index is 1.54. The highest BCUT2D eigenvalue weighted by Crippen LogP contribution is 2.35. The van der Waals surface area contributed by atoms with Crippen molar-refractivity contribution in [3.63, 3.8) is 0 Å². The first-order valence-electron chi connectivity index (χ1n) is 12.3. The van der Waals surface area contributed by atoms with E-state index in [9.17, 15) is 18.0 Å². The van der Waals surface area contributed by atoms with Gasteiger partial charge in [-0.15, -0.1) is 0 Å². The van der Waals surface area contributed by atoms with Gasteiger partial charge < -0.3 is 20.4 Å². The molecule has 0 fully saturated rings.